The van der Waals surface area contributed by atoms with Gasteiger partial charge in [-0.1, -0.05) is 46.4 Å². The lowest BCUT2D eigenvalue weighted by Gasteiger charge is -1.85. The summed E-state index contributed by atoms with van der Waals surface area (Å²) >= 11 is 21.6. The monoisotopic (exact) mass is 296 g/mol. The van der Waals surface area contributed by atoms with Crippen molar-refractivity contribution >= 4 is 46.4 Å². The fraction of sp³-hybridized carbons (Fsp3) is 0. The van der Waals surface area contributed by atoms with Crippen molar-refractivity contribution in [2.75, 3.05) is 0 Å². The highest BCUT2D eigenvalue weighted by Gasteiger charge is 1.88. The summed E-state index contributed by atoms with van der Waals surface area (Å²) in [6.45, 7) is 0. The smallest absolute Gasteiger partial charge is 0.133 e. The van der Waals surface area contributed by atoms with Crippen LogP contribution >= 0.6 is 46.4 Å². The van der Waals surface area contributed by atoms with E-state index < -0.39 is 0 Å². The number of halogens is 4. The maximum atomic E-state index is 5.41. The lowest BCUT2D eigenvalue weighted by molar-refractivity contribution is 1.17. The van der Waals surface area contributed by atoms with Gasteiger partial charge in [0.05, 0.1) is 0 Å². The Hall–Kier alpha value is -0.680. The number of nitrogens with zero attached hydrogens (tertiary/aromatic N) is 4. The Kier molecular flexibility index (Phi) is 5.69. The molecule has 0 N–H and O–H groups in total. The van der Waals surface area contributed by atoms with E-state index in [0.717, 1.165) is 0 Å². The molecule has 16 heavy (non-hydrogen) atoms. The molecule has 0 saturated heterocycles. The highest BCUT2D eigenvalue weighted by Crippen LogP contribution is 2.08. The fourth-order valence-electron chi connectivity index (χ4n) is 0.624. The molecule has 2 aromatic heterocycles. The number of hydrogen-bond acceptors (Lipinski definition) is 4. The first kappa shape index (κ1) is 13.4. The highest BCUT2D eigenvalue weighted by atomic mass is 35.5. The van der Waals surface area contributed by atoms with Crippen molar-refractivity contribution in [1.29, 1.82) is 0 Å². The average molecular weight is 298 g/mol. The summed E-state index contributed by atoms with van der Waals surface area (Å²) in [6, 6.07) is 2.95. The summed E-state index contributed by atoms with van der Waals surface area (Å²) in [5.74, 6) is 0. The topological polar surface area (TPSA) is 51.6 Å². The van der Waals surface area contributed by atoms with Crippen molar-refractivity contribution < 1.29 is 0 Å². The zero-order valence-electron chi connectivity index (χ0n) is 7.61. The zero-order chi connectivity index (χ0) is 12.0. The Morgan fingerprint density at radius 3 is 0.938 bits per heavy atom. The van der Waals surface area contributed by atoms with E-state index in [9.17, 15) is 0 Å². The molecule has 0 aliphatic rings. The predicted octanol–water partition coefficient (Wildman–Crippen LogP) is 3.57. The standard InChI is InChI=1S/2C4H2Cl2N2/c2*5-3-1-4(6)8-2-7-3/h2*1-2H. The molecule has 0 fully saturated rings. The first-order valence-electron chi connectivity index (χ1n) is 3.84. The minimum absolute atomic E-state index is 0.366. The van der Waals surface area contributed by atoms with Gasteiger partial charge in [-0.15, -0.1) is 0 Å². The van der Waals surface area contributed by atoms with E-state index in [1.165, 1.54) is 24.8 Å². The van der Waals surface area contributed by atoms with Crippen LogP contribution in [0.15, 0.2) is 24.8 Å². The molecule has 0 aliphatic carbocycles. The molecule has 0 saturated carbocycles. The van der Waals surface area contributed by atoms with Gasteiger partial charge in [0.1, 0.15) is 33.3 Å². The van der Waals surface area contributed by atoms with Gasteiger partial charge in [0.15, 0.2) is 0 Å². The van der Waals surface area contributed by atoms with Gasteiger partial charge in [-0.3, -0.25) is 0 Å². The van der Waals surface area contributed by atoms with Crippen LogP contribution in [0.5, 0.6) is 0 Å². The molecule has 0 unspecified atom stereocenters. The molecule has 0 aliphatic heterocycles. The van der Waals surface area contributed by atoms with Crippen molar-refractivity contribution in [2.45, 2.75) is 0 Å². The van der Waals surface area contributed by atoms with Crippen LogP contribution in [0.3, 0.4) is 0 Å². The van der Waals surface area contributed by atoms with Gasteiger partial charge in [0.25, 0.3) is 0 Å². The molecule has 0 radical (unpaired) electrons. The van der Waals surface area contributed by atoms with Gasteiger partial charge >= 0.3 is 0 Å². The molecular weight excluding hydrogens is 294 g/mol. The second-order valence-corrected chi connectivity index (χ2v) is 3.88. The largest absolute Gasteiger partial charge is 0.225 e. The molecule has 0 atom stereocenters. The van der Waals surface area contributed by atoms with Gasteiger partial charge in [-0.25, -0.2) is 19.9 Å². The van der Waals surface area contributed by atoms with Crippen LogP contribution in [0, 0.1) is 0 Å². The maximum absolute atomic E-state index is 5.41. The summed E-state index contributed by atoms with van der Waals surface area (Å²) < 4.78 is 0. The molecule has 0 amide bonds. The molecule has 4 nitrogen and oxygen atoms in total. The molecule has 2 rings (SSSR count). The Labute approximate surface area is 112 Å². The summed E-state index contributed by atoms with van der Waals surface area (Å²) in [6.07, 6.45) is 2.62. The van der Waals surface area contributed by atoms with Crippen LogP contribution in [0.2, 0.25) is 20.6 Å². The number of aromatic nitrogens is 4. The van der Waals surface area contributed by atoms with E-state index >= 15 is 0 Å². The Morgan fingerprint density at radius 2 is 0.812 bits per heavy atom. The molecule has 0 spiro atoms. The Bertz CT molecular complexity index is 387. The minimum atomic E-state index is 0.366. The maximum Gasteiger partial charge on any atom is 0.133 e. The third kappa shape index (κ3) is 5.42. The van der Waals surface area contributed by atoms with Crippen LogP contribution in [0.1, 0.15) is 0 Å². The van der Waals surface area contributed by atoms with E-state index in [2.05, 4.69) is 19.9 Å². The number of hydrogen-bond donors (Lipinski definition) is 0. The van der Waals surface area contributed by atoms with Gasteiger partial charge in [-0.05, 0) is 0 Å². The van der Waals surface area contributed by atoms with Gasteiger partial charge in [0, 0.05) is 12.1 Å². The van der Waals surface area contributed by atoms with Gasteiger partial charge in [0.2, 0.25) is 0 Å². The van der Waals surface area contributed by atoms with Crippen molar-refractivity contribution in [3.05, 3.63) is 45.4 Å². The van der Waals surface area contributed by atoms with Crippen LogP contribution in [-0.2, 0) is 0 Å². The zero-order valence-corrected chi connectivity index (χ0v) is 10.6. The third-order valence-corrected chi connectivity index (χ3v) is 2.03. The van der Waals surface area contributed by atoms with E-state index in [1.807, 2.05) is 0 Å². The first-order chi connectivity index (χ1) is 7.58. The van der Waals surface area contributed by atoms with Crippen LogP contribution in [-0.4, -0.2) is 19.9 Å². The second kappa shape index (κ2) is 6.81. The molecule has 2 heterocycles. The normalized spacial score (nSPS) is 9.25. The minimum Gasteiger partial charge on any atom is -0.225 e. The van der Waals surface area contributed by atoms with E-state index in [0.29, 0.717) is 20.6 Å². The average Bonchev–Trinajstić information content (AvgIpc) is 2.17. The summed E-state index contributed by atoms with van der Waals surface area (Å²) in [7, 11) is 0. The van der Waals surface area contributed by atoms with Crippen LogP contribution in [0.25, 0.3) is 0 Å². The lowest BCUT2D eigenvalue weighted by atomic mass is 10.7. The highest BCUT2D eigenvalue weighted by molar-refractivity contribution is 6.33. The molecule has 0 bridgehead atoms. The van der Waals surface area contributed by atoms with Crippen LogP contribution < -0.4 is 0 Å². The van der Waals surface area contributed by atoms with Crippen molar-refractivity contribution in [2.24, 2.45) is 0 Å². The van der Waals surface area contributed by atoms with Crippen LogP contribution in [0.4, 0.5) is 0 Å². The molecule has 84 valence electrons. The van der Waals surface area contributed by atoms with Crippen molar-refractivity contribution in [1.82, 2.24) is 19.9 Å². The summed E-state index contributed by atoms with van der Waals surface area (Å²) in [5, 5.41) is 1.46. The van der Waals surface area contributed by atoms with E-state index in [4.69, 9.17) is 46.4 Å². The lowest BCUT2D eigenvalue weighted by Crippen LogP contribution is -1.76. The van der Waals surface area contributed by atoms with Crippen molar-refractivity contribution in [3.63, 3.8) is 0 Å². The molecular formula is C8H4Cl4N4. The first-order valence-corrected chi connectivity index (χ1v) is 5.35. The Morgan fingerprint density at radius 1 is 0.562 bits per heavy atom. The molecule has 0 aromatic carbocycles. The quantitative estimate of drug-likeness (QED) is 0.698. The summed E-state index contributed by atoms with van der Waals surface area (Å²) in [5.41, 5.74) is 0. The fourth-order valence-corrected chi connectivity index (χ4v) is 1.32. The van der Waals surface area contributed by atoms with Gasteiger partial charge in [-0.2, -0.15) is 0 Å². The molecule has 2 aromatic rings. The summed E-state index contributed by atoms with van der Waals surface area (Å²) in [4.78, 5) is 14.4. The van der Waals surface area contributed by atoms with E-state index in [1.54, 1.807) is 0 Å². The predicted molar refractivity (Wildman–Crippen MR) is 64.1 cm³/mol. The van der Waals surface area contributed by atoms with Crippen molar-refractivity contribution in [3.8, 4) is 0 Å². The third-order valence-electron chi connectivity index (χ3n) is 1.20. The van der Waals surface area contributed by atoms with E-state index in [-0.39, 0.29) is 0 Å². The molecule has 8 heteroatoms. The number of rotatable bonds is 0. The SMILES string of the molecule is Clc1cc(Cl)ncn1.Clc1cc(Cl)ncn1. The Balaban J connectivity index is 0.000000160. The second-order valence-electron chi connectivity index (χ2n) is 2.33. The van der Waals surface area contributed by atoms with Gasteiger partial charge < -0.3 is 0 Å².